The zero-order chi connectivity index (χ0) is 15.5. The van der Waals surface area contributed by atoms with Crippen LogP contribution in [-0.4, -0.2) is 28.8 Å². The number of nitrogens with zero attached hydrogens (tertiary/aromatic N) is 2. The van der Waals surface area contributed by atoms with Crippen LogP contribution in [-0.2, 0) is 0 Å². The van der Waals surface area contributed by atoms with E-state index in [-0.39, 0.29) is 5.91 Å². The van der Waals surface area contributed by atoms with Gasteiger partial charge >= 0.3 is 0 Å². The molecule has 0 aliphatic carbocycles. The second-order valence-electron chi connectivity index (χ2n) is 5.06. The Morgan fingerprint density at radius 2 is 2.14 bits per heavy atom. The maximum atomic E-state index is 12.2. The number of carbonyl (C=O) groups is 1. The first kappa shape index (κ1) is 14.7. The summed E-state index contributed by atoms with van der Waals surface area (Å²) >= 11 is 1.46. The SMILES string of the molecule is Cc1nn(-c2ccccc2)c2sc(C(=O)NCCCN)cc12. The van der Waals surface area contributed by atoms with Crippen LogP contribution in [0.1, 0.15) is 21.8 Å². The Labute approximate surface area is 132 Å². The lowest BCUT2D eigenvalue weighted by Crippen LogP contribution is -2.25. The van der Waals surface area contributed by atoms with E-state index in [0.29, 0.717) is 18.0 Å². The number of nitrogens with one attached hydrogen (secondary N) is 1. The van der Waals surface area contributed by atoms with Gasteiger partial charge in [0.2, 0.25) is 0 Å². The lowest BCUT2D eigenvalue weighted by atomic mass is 10.3. The van der Waals surface area contributed by atoms with E-state index in [0.717, 1.165) is 28.0 Å². The molecule has 0 unspecified atom stereocenters. The molecule has 0 radical (unpaired) electrons. The summed E-state index contributed by atoms with van der Waals surface area (Å²) in [6.07, 6.45) is 0.785. The normalized spacial score (nSPS) is 11.0. The molecule has 0 fully saturated rings. The minimum Gasteiger partial charge on any atom is -0.351 e. The monoisotopic (exact) mass is 314 g/mol. The molecule has 3 rings (SSSR count). The summed E-state index contributed by atoms with van der Waals surface area (Å²) in [7, 11) is 0. The Kier molecular flexibility index (Phi) is 4.22. The summed E-state index contributed by atoms with van der Waals surface area (Å²) in [5, 5.41) is 8.49. The fraction of sp³-hybridized carbons (Fsp3) is 0.250. The fourth-order valence-corrected chi connectivity index (χ4v) is 3.39. The van der Waals surface area contributed by atoms with Crippen molar-refractivity contribution in [2.75, 3.05) is 13.1 Å². The van der Waals surface area contributed by atoms with Gasteiger partial charge in [-0.3, -0.25) is 4.79 Å². The van der Waals surface area contributed by atoms with Crippen molar-refractivity contribution in [1.29, 1.82) is 0 Å². The number of aryl methyl sites for hydroxylation is 1. The highest BCUT2D eigenvalue weighted by Crippen LogP contribution is 2.30. The van der Waals surface area contributed by atoms with Crippen molar-refractivity contribution >= 4 is 27.5 Å². The third-order valence-electron chi connectivity index (χ3n) is 3.44. The average molecular weight is 314 g/mol. The maximum Gasteiger partial charge on any atom is 0.261 e. The van der Waals surface area contributed by atoms with Crippen molar-refractivity contribution in [3.8, 4) is 5.69 Å². The fourth-order valence-electron chi connectivity index (χ4n) is 2.29. The summed E-state index contributed by atoms with van der Waals surface area (Å²) in [4.78, 5) is 13.9. The second-order valence-corrected chi connectivity index (χ2v) is 6.09. The minimum absolute atomic E-state index is 0.0475. The molecule has 0 bridgehead atoms. The number of carbonyl (C=O) groups excluding carboxylic acids is 1. The number of hydrogen-bond donors (Lipinski definition) is 2. The molecular formula is C16H18N4OS. The van der Waals surface area contributed by atoms with Gasteiger partial charge in [-0.15, -0.1) is 11.3 Å². The molecule has 1 aromatic carbocycles. The first-order valence-corrected chi connectivity index (χ1v) is 8.05. The number of rotatable bonds is 5. The highest BCUT2D eigenvalue weighted by molar-refractivity contribution is 7.20. The summed E-state index contributed by atoms with van der Waals surface area (Å²) in [6, 6.07) is 11.9. The largest absolute Gasteiger partial charge is 0.351 e. The minimum atomic E-state index is -0.0475. The van der Waals surface area contributed by atoms with Crippen molar-refractivity contribution in [2.45, 2.75) is 13.3 Å². The predicted molar refractivity (Wildman–Crippen MR) is 89.7 cm³/mol. The Morgan fingerprint density at radius 3 is 2.86 bits per heavy atom. The van der Waals surface area contributed by atoms with Crippen LogP contribution in [0.15, 0.2) is 36.4 Å². The summed E-state index contributed by atoms with van der Waals surface area (Å²) in [6.45, 7) is 3.15. The van der Waals surface area contributed by atoms with E-state index in [1.807, 2.05) is 48.0 Å². The van der Waals surface area contributed by atoms with Crippen LogP contribution in [0, 0.1) is 6.92 Å². The first-order valence-electron chi connectivity index (χ1n) is 7.23. The van der Waals surface area contributed by atoms with Crippen LogP contribution in [0.5, 0.6) is 0 Å². The van der Waals surface area contributed by atoms with Gasteiger partial charge in [0.15, 0.2) is 0 Å². The van der Waals surface area contributed by atoms with E-state index >= 15 is 0 Å². The molecule has 0 saturated carbocycles. The predicted octanol–water partition coefficient (Wildman–Crippen LogP) is 2.47. The molecule has 2 heterocycles. The number of para-hydroxylation sites is 1. The third kappa shape index (κ3) is 2.75. The molecule has 3 aromatic rings. The smallest absolute Gasteiger partial charge is 0.261 e. The molecule has 0 saturated heterocycles. The zero-order valence-electron chi connectivity index (χ0n) is 12.4. The van der Waals surface area contributed by atoms with E-state index < -0.39 is 0 Å². The number of aromatic nitrogens is 2. The summed E-state index contributed by atoms with van der Waals surface area (Å²) < 4.78 is 1.89. The molecular weight excluding hydrogens is 296 g/mol. The molecule has 5 nitrogen and oxygen atoms in total. The van der Waals surface area contributed by atoms with Crippen molar-refractivity contribution in [2.24, 2.45) is 5.73 Å². The Morgan fingerprint density at radius 1 is 1.36 bits per heavy atom. The van der Waals surface area contributed by atoms with Gasteiger partial charge in [0.05, 0.1) is 16.3 Å². The van der Waals surface area contributed by atoms with Crippen molar-refractivity contribution in [3.05, 3.63) is 47.0 Å². The molecule has 0 atom stereocenters. The molecule has 114 valence electrons. The number of benzene rings is 1. The Balaban J connectivity index is 1.95. The Hall–Kier alpha value is -2.18. The van der Waals surface area contributed by atoms with Gasteiger partial charge in [-0.25, -0.2) is 4.68 Å². The maximum absolute atomic E-state index is 12.2. The topological polar surface area (TPSA) is 72.9 Å². The van der Waals surface area contributed by atoms with Crippen LogP contribution >= 0.6 is 11.3 Å². The third-order valence-corrected chi connectivity index (χ3v) is 4.55. The Bertz CT molecular complexity index is 791. The molecule has 0 aliphatic heterocycles. The van der Waals surface area contributed by atoms with Gasteiger partial charge in [-0.05, 0) is 38.1 Å². The molecule has 2 aromatic heterocycles. The van der Waals surface area contributed by atoms with Crippen molar-refractivity contribution in [1.82, 2.24) is 15.1 Å². The van der Waals surface area contributed by atoms with Gasteiger partial charge in [-0.2, -0.15) is 5.10 Å². The summed E-state index contributed by atoms with van der Waals surface area (Å²) in [5.74, 6) is -0.0475. The van der Waals surface area contributed by atoms with E-state index in [4.69, 9.17) is 5.73 Å². The number of fused-ring (bicyclic) bond motifs is 1. The number of hydrogen-bond acceptors (Lipinski definition) is 4. The average Bonchev–Trinajstić information content (AvgIpc) is 3.09. The molecule has 0 aliphatic rings. The molecule has 22 heavy (non-hydrogen) atoms. The second kappa shape index (κ2) is 6.29. The van der Waals surface area contributed by atoms with E-state index in [1.165, 1.54) is 11.3 Å². The van der Waals surface area contributed by atoms with Gasteiger partial charge in [-0.1, -0.05) is 18.2 Å². The van der Waals surface area contributed by atoms with Gasteiger partial charge in [0.25, 0.3) is 5.91 Å². The van der Waals surface area contributed by atoms with E-state index in [9.17, 15) is 4.79 Å². The number of amides is 1. The highest BCUT2D eigenvalue weighted by atomic mass is 32.1. The summed E-state index contributed by atoms with van der Waals surface area (Å²) in [5.41, 5.74) is 7.37. The molecule has 3 N–H and O–H groups in total. The van der Waals surface area contributed by atoms with Crippen molar-refractivity contribution in [3.63, 3.8) is 0 Å². The van der Waals surface area contributed by atoms with E-state index in [1.54, 1.807) is 0 Å². The van der Waals surface area contributed by atoms with Crippen molar-refractivity contribution < 1.29 is 4.79 Å². The van der Waals surface area contributed by atoms with Crippen LogP contribution in [0.2, 0.25) is 0 Å². The zero-order valence-corrected chi connectivity index (χ0v) is 13.2. The molecule has 1 amide bonds. The van der Waals surface area contributed by atoms with Crippen LogP contribution in [0.4, 0.5) is 0 Å². The van der Waals surface area contributed by atoms with Gasteiger partial charge in [0, 0.05) is 11.9 Å². The lowest BCUT2D eigenvalue weighted by Gasteiger charge is -2.02. The van der Waals surface area contributed by atoms with Crippen LogP contribution in [0.25, 0.3) is 15.9 Å². The van der Waals surface area contributed by atoms with Crippen LogP contribution < -0.4 is 11.1 Å². The number of nitrogens with two attached hydrogens (primary N) is 1. The standard InChI is InChI=1S/C16H18N4OS/c1-11-13-10-14(15(21)18-9-5-8-17)22-16(13)20(19-11)12-6-3-2-4-7-12/h2-4,6-7,10H,5,8-9,17H2,1H3,(H,18,21). The molecule has 0 spiro atoms. The van der Waals surface area contributed by atoms with Crippen LogP contribution in [0.3, 0.4) is 0 Å². The number of thiophene rings is 1. The highest BCUT2D eigenvalue weighted by Gasteiger charge is 2.16. The molecule has 6 heteroatoms. The van der Waals surface area contributed by atoms with E-state index in [2.05, 4.69) is 10.4 Å². The quantitative estimate of drug-likeness (QED) is 0.711. The lowest BCUT2D eigenvalue weighted by molar-refractivity contribution is 0.0957. The van der Waals surface area contributed by atoms with Gasteiger partial charge in [0.1, 0.15) is 4.83 Å². The van der Waals surface area contributed by atoms with Gasteiger partial charge < -0.3 is 11.1 Å². The first-order chi connectivity index (χ1) is 10.7.